The Morgan fingerprint density at radius 1 is 1.32 bits per heavy atom. The van der Waals surface area contributed by atoms with Crippen LogP contribution in [0.2, 0.25) is 0 Å². The summed E-state index contributed by atoms with van der Waals surface area (Å²) in [5.74, 6) is 1.36. The van der Waals surface area contributed by atoms with E-state index in [0.717, 1.165) is 30.8 Å². The van der Waals surface area contributed by atoms with E-state index in [1.54, 1.807) is 0 Å². The average molecular weight is 301 g/mol. The van der Waals surface area contributed by atoms with Crippen molar-refractivity contribution >= 4 is 11.6 Å². The molecule has 0 bridgehead atoms. The molecule has 1 aliphatic carbocycles. The van der Waals surface area contributed by atoms with E-state index in [0.29, 0.717) is 24.4 Å². The van der Waals surface area contributed by atoms with Crippen LogP contribution in [0.25, 0.3) is 0 Å². The Morgan fingerprint density at radius 2 is 2.14 bits per heavy atom. The molecule has 1 aromatic rings. The average Bonchev–Trinajstić information content (AvgIpc) is 2.86. The minimum atomic E-state index is 0.0842. The van der Waals surface area contributed by atoms with Crippen molar-refractivity contribution in [2.24, 2.45) is 17.6 Å². The molecule has 1 saturated carbocycles. The summed E-state index contributed by atoms with van der Waals surface area (Å²) in [5, 5.41) is 3.06. The molecule has 2 aliphatic rings. The molecule has 0 spiro atoms. The number of anilines is 1. The predicted molar refractivity (Wildman–Crippen MR) is 89.8 cm³/mol. The summed E-state index contributed by atoms with van der Waals surface area (Å²) in [6, 6.07) is 6.48. The Balaban J connectivity index is 1.57. The van der Waals surface area contributed by atoms with Gasteiger partial charge in [-0.15, -0.1) is 0 Å². The van der Waals surface area contributed by atoms with E-state index in [2.05, 4.69) is 16.3 Å². The molecule has 120 valence electrons. The Kier molecular flexibility index (Phi) is 4.50. The fourth-order valence-electron chi connectivity index (χ4n) is 4.00. The fourth-order valence-corrected chi connectivity index (χ4v) is 4.00. The first-order chi connectivity index (χ1) is 10.5. The van der Waals surface area contributed by atoms with Gasteiger partial charge in [-0.1, -0.05) is 18.6 Å². The second-order valence-corrected chi connectivity index (χ2v) is 7.08. The van der Waals surface area contributed by atoms with Crippen LogP contribution in [0.15, 0.2) is 18.2 Å². The number of likely N-dealkylation sites (tertiary alicyclic amines) is 1. The standard InChI is InChI=1S/C18H27N3O/c1-12-6-7-13(2)17(8-12)20-18(22)11-21-9-14-4-3-5-16(19)15(14)10-21/h6-8,14-16H,3-5,9-11,19H2,1-2H3,(H,20,22). The molecule has 0 aromatic heterocycles. The normalized spacial score (nSPS) is 28.4. The van der Waals surface area contributed by atoms with Gasteiger partial charge in [0.1, 0.15) is 0 Å². The van der Waals surface area contributed by atoms with Crippen LogP contribution in [-0.4, -0.2) is 36.5 Å². The first-order valence-corrected chi connectivity index (χ1v) is 8.38. The molecular formula is C18H27N3O. The van der Waals surface area contributed by atoms with Crippen LogP contribution in [0.3, 0.4) is 0 Å². The lowest BCUT2D eigenvalue weighted by atomic mass is 9.78. The minimum Gasteiger partial charge on any atom is -0.327 e. The number of amides is 1. The SMILES string of the molecule is Cc1ccc(C)c(NC(=O)CN2CC3CCCC(N)C3C2)c1. The quantitative estimate of drug-likeness (QED) is 0.900. The van der Waals surface area contributed by atoms with Crippen LogP contribution >= 0.6 is 0 Å². The van der Waals surface area contributed by atoms with E-state index in [9.17, 15) is 4.79 Å². The second kappa shape index (κ2) is 6.39. The summed E-state index contributed by atoms with van der Waals surface area (Å²) in [5.41, 5.74) is 9.45. The van der Waals surface area contributed by atoms with E-state index >= 15 is 0 Å². The van der Waals surface area contributed by atoms with Crippen LogP contribution in [0.4, 0.5) is 5.69 Å². The highest BCUT2D eigenvalue weighted by molar-refractivity contribution is 5.93. The predicted octanol–water partition coefficient (Wildman–Crippen LogP) is 2.30. The van der Waals surface area contributed by atoms with Crippen LogP contribution in [0, 0.1) is 25.7 Å². The third kappa shape index (κ3) is 3.33. The van der Waals surface area contributed by atoms with Crippen LogP contribution in [0.1, 0.15) is 30.4 Å². The van der Waals surface area contributed by atoms with Crippen molar-refractivity contribution in [1.29, 1.82) is 0 Å². The van der Waals surface area contributed by atoms with Gasteiger partial charge >= 0.3 is 0 Å². The Labute approximate surface area is 133 Å². The number of carbonyl (C=O) groups excluding carboxylic acids is 1. The van der Waals surface area contributed by atoms with E-state index in [1.165, 1.54) is 18.4 Å². The van der Waals surface area contributed by atoms with E-state index in [-0.39, 0.29) is 5.91 Å². The number of hydrogen-bond acceptors (Lipinski definition) is 3. The first kappa shape index (κ1) is 15.5. The van der Waals surface area contributed by atoms with Crippen LogP contribution in [0.5, 0.6) is 0 Å². The molecule has 2 fully saturated rings. The molecule has 4 nitrogen and oxygen atoms in total. The van der Waals surface area contributed by atoms with Gasteiger partial charge in [0.2, 0.25) is 5.91 Å². The van der Waals surface area contributed by atoms with Gasteiger partial charge in [-0.2, -0.15) is 0 Å². The first-order valence-electron chi connectivity index (χ1n) is 8.38. The summed E-state index contributed by atoms with van der Waals surface area (Å²) in [4.78, 5) is 14.6. The molecule has 1 aromatic carbocycles. The number of nitrogens with one attached hydrogen (secondary N) is 1. The van der Waals surface area contributed by atoms with Gasteiger partial charge in [-0.3, -0.25) is 9.69 Å². The lowest BCUT2D eigenvalue weighted by Gasteiger charge is -2.29. The zero-order valence-corrected chi connectivity index (χ0v) is 13.6. The molecule has 4 heteroatoms. The molecule has 22 heavy (non-hydrogen) atoms. The highest BCUT2D eigenvalue weighted by Crippen LogP contribution is 2.35. The van der Waals surface area contributed by atoms with E-state index in [4.69, 9.17) is 5.73 Å². The zero-order chi connectivity index (χ0) is 15.7. The Bertz CT molecular complexity index is 557. The second-order valence-electron chi connectivity index (χ2n) is 7.08. The number of rotatable bonds is 3. The number of benzene rings is 1. The van der Waals surface area contributed by atoms with Crippen molar-refractivity contribution < 1.29 is 4.79 Å². The topological polar surface area (TPSA) is 58.4 Å². The van der Waals surface area contributed by atoms with Crippen molar-refractivity contribution in [2.75, 3.05) is 25.0 Å². The van der Waals surface area contributed by atoms with E-state index < -0.39 is 0 Å². The number of nitrogens with two attached hydrogens (primary N) is 1. The van der Waals surface area contributed by atoms with E-state index in [1.807, 2.05) is 26.0 Å². The molecule has 3 atom stereocenters. The smallest absolute Gasteiger partial charge is 0.238 e. The Hall–Kier alpha value is -1.39. The lowest BCUT2D eigenvalue weighted by Crippen LogP contribution is -2.38. The minimum absolute atomic E-state index is 0.0842. The van der Waals surface area contributed by atoms with Gasteiger partial charge in [0.05, 0.1) is 6.54 Å². The molecule has 3 unspecified atom stereocenters. The summed E-state index contributed by atoms with van der Waals surface area (Å²) < 4.78 is 0. The molecule has 0 radical (unpaired) electrons. The van der Waals surface area contributed by atoms with Gasteiger partial charge in [-0.25, -0.2) is 0 Å². The summed E-state index contributed by atoms with van der Waals surface area (Å²) in [7, 11) is 0. The number of aryl methyl sites for hydroxylation is 2. The highest BCUT2D eigenvalue weighted by atomic mass is 16.2. The summed E-state index contributed by atoms with van der Waals surface area (Å²) in [6.45, 7) is 6.55. The van der Waals surface area contributed by atoms with Gasteiger partial charge in [0.15, 0.2) is 0 Å². The molecule has 3 rings (SSSR count). The maximum absolute atomic E-state index is 12.3. The van der Waals surface area contributed by atoms with Gasteiger partial charge < -0.3 is 11.1 Å². The van der Waals surface area contributed by atoms with Crippen LogP contribution < -0.4 is 11.1 Å². The molecule has 1 amide bonds. The van der Waals surface area contributed by atoms with Gasteiger partial charge in [0, 0.05) is 24.8 Å². The van der Waals surface area contributed by atoms with Gasteiger partial charge in [-0.05, 0) is 55.7 Å². The van der Waals surface area contributed by atoms with Crippen molar-refractivity contribution in [3.63, 3.8) is 0 Å². The molecule has 1 heterocycles. The lowest BCUT2D eigenvalue weighted by molar-refractivity contribution is -0.117. The molecule has 1 aliphatic heterocycles. The van der Waals surface area contributed by atoms with Crippen LogP contribution in [-0.2, 0) is 4.79 Å². The third-order valence-corrected chi connectivity index (χ3v) is 5.26. The number of hydrogen-bond donors (Lipinski definition) is 2. The molecule has 3 N–H and O–H groups in total. The Morgan fingerprint density at radius 3 is 2.91 bits per heavy atom. The molecular weight excluding hydrogens is 274 g/mol. The van der Waals surface area contributed by atoms with Crippen molar-refractivity contribution in [3.8, 4) is 0 Å². The van der Waals surface area contributed by atoms with Gasteiger partial charge in [0.25, 0.3) is 0 Å². The van der Waals surface area contributed by atoms with Crippen molar-refractivity contribution in [3.05, 3.63) is 29.3 Å². The van der Waals surface area contributed by atoms with Crippen molar-refractivity contribution in [1.82, 2.24) is 4.90 Å². The maximum Gasteiger partial charge on any atom is 0.238 e. The highest BCUT2D eigenvalue weighted by Gasteiger charge is 2.38. The molecule has 1 saturated heterocycles. The number of carbonyl (C=O) groups is 1. The monoisotopic (exact) mass is 301 g/mol. The number of nitrogens with zero attached hydrogens (tertiary/aromatic N) is 1. The fraction of sp³-hybridized carbons (Fsp3) is 0.611. The summed E-state index contributed by atoms with van der Waals surface area (Å²) >= 11 is 0. The maximum atomic E-state index is 12.3. The number of fused-ring (bicyclic) bond motifs is 1. The van der Waals surface area contributed by atoms with Crippen molar-refractivity contribution in [2.45, 2.75) is 39.2 Å². The zero-order valence-electron chi connectivity index (χ0n) is 13.6. The summed E-state index contributed by atoms with van der Waals surface area (Å²) in [6.07, 6.45) is 3.65. The largest absolute Gasteiger partial charge is 0.327 e. The third-order valence-electron chi connectivity index (χ3n) is 5.26.